The molecule has 0 saturated carbocycles. The molecule has 6 nitrogen and oxygen atoms in total. The number of nitrogens with zero attached hydrogens (tertiary/aromatic N) is 3. The van der Waals surface area contributed by atoms with E-state index in [1.807, 2.05) is 35.8 Å². The summed E-state index contributed by atoms with van der Waals surface area (Å²) in [4.78, 5) is 12.1. The van der Waals surface area contributed by atoms with Gasteiger partial charge in [-0.25, -0.2) is 0 Å². The summed E-state index contributed by atoms with van der Waals surface area (Å²) in [5, 5.41) is 12.4. The number of halogens is 1. The molecule has 3 rings (SSSR count). The number of anilines is 1. The molecular weight excluding hydrogens is 372 g/mol. The van der Waals surface area contributed by atoms with Crippen molar-refractivity contribution in [1.82, 2.24) is 14.8 Å². The Morgan fingerprint density at radius 3 is 2.88 bits per heavy atom. The van der Waals surface area contributed by atoms with Gasteiger partial charge in [-0.3, -0.25) is 14.7 Å². The molecule has 1 N–H and O–H groups in total. The lowest BCUT2D eigenvalue weighted by Crippen LogP contribution is -2.13. The molecular formula is C18H17ClN4O2S. The molecule has 0 aliphatic carbocycles. The highest BCUT2D eigenvalue weighted by Crippen LogP contribution is 2.26. The molecule has 2 heterocycles. The number of aromatic nitrogens is 3. The fraction of sp³-hybridized carbons (Fsp3) is 0.167. The van der Waals surface area contributed by atoms with Crippen LogP contribution in [0.2, 0.25) is 5.02 Å². The molecule has 0 bridgehead atoms. The van der Waals surface area contributed by atoms with Gasteiger partial charge in [0.25, 0.3) is 5.91 Å². The first-order valence-electron chi connectivity index (χ1n) is 7.99. The van der Waals surface area contributed by atoms with E-state index in [1.54, 1.807) is 24.5 Å². The van der Waals surface area contributed by atoms with Gasteiger partial charge in [0.2, 0.25) is 5.95 Å². The molecule has 8 heteroatoms. The van der Waals surface area contributed by atoms with Crippen LogP contribution >= 0.6 is 23.4 Å². The van der Waals surface area contributed by atoms with E-state index in [1.165, 1.54) is 17.8 Å². The van der Waals surface area contributed by atoms with Crippen molar-refractivity contribution < 1.29 is 9.21 Å². The van der Waals surface area contributed by atoms with Crippen molar-refractivity contribution in [2.75, 3.05) is 5.32 Å². The van der Waals surface area contributed by atoms with Crippen molar-refractivity contribution in [1.29, 1.82) is 0 Å². The van der Waals surface area contributed by atoms with Crippen LogP contribution in [0, 0.1) is 0 Å². The Morgan fingerprint density at radius 1 is 1.31 bits per heavy atom. The van der Waals surface area contributed by atoms with Crippen LogP contribution in [-0.2, 0) is 17.1 Å². The third kappa shape index (κ3) is 4.56. The van der Waals surface area contributed by atoms with E-state index in [2.05, 4.69) is 15.5 Å². The van der Waals surface area contributed by atoms with Crippen LogP contribution in [0.4, 0.5) is 5.95 Å². The monoisotopic (exact) mass is 388 g/mol. The van der Waals surface area contributed by atoms with Crippen molar-refractivity contribution in [3.05, 3.63) is 65.1 Å². The summed E-state index contributed by atoms with van der Waals surface area (Å²) in [5.41, 5.74) is 1.02. The highest BCUT2D eigenvalue weighted by atomic mass is 35.5. The number of benzene rings is 1. The van der Waals surface area contributed by atoms with E-state index in [0.29, 0.717) is 24.0 Å². The van der Waals surface area contributed by atoms with Gasteiger partial charge < -0.3 is 4.42 Å². The van der Waals surface area contributed by atoms with Crippen molar-refractivity contribution in [3.63, 3.8) is 0 Å². The number of hydrogen-bond donors (Lipinski definition) is 1. The standard InChI is InChI=1S/C18H17ClN4O2S/c1-2-23-17(20-16(24)10-9-14-7-5-11-25-14)21-22-18(23)26-12-13-6-3-4-8-15(13)19/h3-11H,2,12H2,1H3,(H,20,21,24)/b10-9+. The summed E-state index contributed by atoms with van der Waals surface area (Å²) in [6.45, 7) is 2.60. The summed E-state index contributed by atoms with van der Waals surface area (Å²) < 4.78 is 7.00. The lowest BCUT2D eigenvalue weighted by atomic mass is 10.2. The highest BCUT2D eigenvalue weighted by Gasteiger charge is 2.13. The van der Waals surface area contributed by atoms with E-state index in [-0.39, 0.29) is 5.91 Å². The first-order chi connectivity index (χ1) is 12.7. The van der Waals surface area contributed by atoms with Crippen LogP contribution < -0.4 is 5.32 Å². The lowest BCUT2D eigenvalue weighted by molar-refractivity contribution is -0.111. The summed E-state index contributed by atoms with van der Waals surface area (Å²) in [6.07, 6.45) is 4.53. The Bertz CT molecular complexity index is 906. The van der Waals surface area contributed by atoms with Gasteiger partial charge in [0, 0.05) is 23.4 Å². The second-order valence-corrected chi connectivity index (χ2v) is 6.62. The number of furan rings is 1. The Balaban J connectivity index is 1.66. The Kier molecular flexibility index (Phi) is 6.14. The quantitative estimate of drug-likeness (QED) is 0.477. The number of nitrogens with one attached hydrogen (secondary N) is 1. The molecule has 3 aromatic rings. The highest BCUT2D eigenvalue weighted by molar-refractivity contribution is 7.98. The van der Waals surface area contributed by atoms with Gasteiger partial charge in [0.05, 0.1) is 6.26 Å². The first-order valence-corrected chi connectivity index (χ1v) is 9.35. The first kappa shape index (κ1) is 18.3. The smallest absolute Gasteiger partial charge is 0.250 e. The van der Waals surface area contributed by atoms with Crippen LogP contribution in [0.1, 0.15) is 18.2 Å². The molecule has 0 fully saturated rings. The molecule has 0 spiro atoms. The number of amides is 1. The number of carbonyl (C=O) groups excluding carboxylic acids is 1. The Hall–Kier alpha value is -2.51. The molecule has 1 amide bonds. The number of rotatable bonds is 7. The predicted octanol–water partition coefficient (Wildman–Crippen LogP) is 4.49. The van der Waals surface area contributed by atoms with E-state index in [0.717, 1.165) is 15.7 Å². The van der Waals surface area contributed by atoms with Crippen molar-refractivity contribution in [3.8, 4) is 0 Å². The second-order valence-electron chi connectivity index (χ2n) is 5.27. The third-order valence-electron chi connectivity index (χ3n) is 3.52. The minimum Gasteiger partial charge on any atom is -0.465 e. The molecule has 0 aliphatic heterocycles. The van der Waals surface area contributed by atoms with Crippen LogP contribution in [0.5, 0.6) is 0 Å². The van der Waals surface area contributed by atoms with Crippen molar-refractivity contribution in [2.45, 2.75) is 24.4 Å². The van der Waals surface area contributed by atoms with Crippen LogP contribution in [0.3, 0.4) is 0 Å². The van der Waals surface area contributed by atoms with E-state index < -0.39 is 0 Å². The summed E-state index contributed by atoms with van der Waals surface area (Å²) >= 11 is 7.71. The average molecular weight is 389 g/mol. The van der Waals surface area contributed by atoms with Crippen LogP contribution in [0.25, 0.3) is 6.08 Å². The molecule has 0 radical (unpaired) electrons. The van der Waals surface area contributed by atoms with E-state index in [4.69, 9.17) is 16.0 Å². The van der Waals surface area contributed by atoms with Gasteiger partial charge in [-0.05, 0) is 36.8 Å². The molecule has 2 aromatic heterocycles. The van der Waals surface area contributed by atoms with Gasteiger partial charge >= 0.3 is 0 Å². The number of thioether (sulfide) groups is 1. The molecule has 0 unspecified atom stereocenters. The predicted molar refractivity (Wildman–Crippen MR) is 103 cm³/mol. The molecule has 26 heavy (non-hydrogen) atoms. The topological polar surface area (TPSA) is 73.0 Å². The van der Waals surface area contributed by atoms with Crippen molar-refractivity contribution >= 4 is 41.3 Å². The third-order valence-corrected chi connectivity index (χ3v) is 4.91. The number of carbonyl (C=O) groups is 1. The maximum Gasteiger partial charge on any atom is 0.250 e. The zero-order valence-corrected chi connectivity index (χ0v) is 15.6. The fourth-order valence-electron chi connectivity index (χ4n) is 2.23. The zero-order chi connectivity index (χ0) is 18.4. The van der Waals surface area contributed by atoms with Crippen molar-refractivity contribution in [2.24, 2.45) is 0 Å². The zero-order valence-electron chi connectivity index (χ0n) is 14.1. The molecule has 0 saturated heterocycles. The van der Waals surface area contributed by atoms with Gasteiger partial charge in [0.15, 0.2) is 5.16 Å². The minimum atomic E-state index is -0.300. The summed E-state index contributed by atoms with van der Waals surface area (Å²) in [6, 6.07) is 11.2. The largest absolute Gasteiger partial charge is 0.465 e. The number of hydrogen-bond acceptors (Lipinski definition) is 5. The van der Waals surface area contributed by atoms with Crippen LogP contribution in [-0.4, -0.2) is 20.7 Å². The second kappa shape index (κ2) is 8.73. The lowest BCUT2D eigenvalue weighted by Gasteiger charge is -2.07. The summed E-state index contributed by atoms with van der Waals surface area (Å²) in [5.74, 6) is 1.38. The van der Waals surface area contributed by atoms with Crippen LogP contribution in [0.15, 0.2) is 58.3 Å². The maximum atomic E-state index is 12.1. The minimum absolute atomic E-state index is 0.300. The maximum absolute atomic E-state index is 12.1. The molecule has 1 aromatic carbocycles. The van der Waals surface area contributed by atoms with Gasteiger partial charge in [-0.1, -0.05) is 41.6 Å². The molecule has 0 aliphatic rings. The van der Waals surface area contributed by atoms with Gasteiger partial charge in [0.1, 0.15) is 5.76 Å². The summed E-state index contributed by atoms with van der Waals surface area (Å²) in [7, 11) is 0. The van der Waals surface area contributed by atoms with E-state index in [9.17, 15) is 4.79 Å². The van der Waals surface area contributed by atoms with E-state index >= 15 is 0 Å². The normalized spacial score (nSPS) is 11.2. The van der Waals surface area contributed by atoms with Gasteiger partial charge in [-0.2, -0.15) is 0 Å². The average Bonchev–Trinajstić information content (AvgIpc) is 3.29. The SMILES string of the molecule is CCn1c(NC(=O)/C=C/c2ccco2)nnc1SCc1ccccc1Cl. The van der Waals surface area contributed by atoms with Gasteiger partial charge in [-0.15, -0.1) is 10.2 Å². The Labute approximate surface area is 160 Å². The molecule has 134 valence electrons. The molecule has 0 atom stereocenters. The fourth-order valence-corrected chi connectivity index (χ4v) is 3.51. The Morgan fingerprint density at radius 2 is 2.15 bits per heavy atom.